The number of carboxylic acids is 1. The van der Waals surface area contributed by atoms with Crippen molar-refractivity contribution < 1.29 is 43.8 Å². The van der Waals surface area contributed by atoms with E-state index in [4.69, 9.17) is 38.8 Å². The van der Waals surface area contributed by atoms with Crippen molar-refractivity contribution in [2.75, 3.05) is 19.9 Å². The number of nitrogens with zero attached hydrogens (tertiary/aromatic N) is 3. The second kappa shape index (κ2) is 10.7. The summed E-state index contributed by atoms with van der Waals surface area (Å²) in [5, 5.41) is 8.33. The number of nitrogens with two attached hydrogens (primary N) is 1. The summed E-state index contributed by atoms with van der Waals surface area (Å²) in [7, 11) is 0. The van der Waals surface area contributed by atoms with Crippen LogP contribution in [0.1, 0.15) is 34.3 Å². The van der Waals surface area contributed by atoms with Gasteiger partial charge < -0.3 is 20.4 Å². The first-order valence-electron chi connectivity index (χ1n) is 11.4. The first-order chi connectivity index (χ1) is 17.4. The molecular weight excluding hydrogens is 472 g/mol. The summed E-state index contributed by atoms with van der Waals surface area (Å²) in [6.07, 6.45) is -6.17. The van der Waals surface area contributed by atoms with Gasteiger partial charge in [-0.25, -0.2) is 4.39 Å². The molecule has 1 aliphatic rings. The van der Waals surface area contributed by atoms with Gasteiger partial charge in [0.15, 0.2) is 11.3 Å². The Morgan fingerprint density at radius 1 is 1.42 bits per heavy atom. The molecule has 2 aromatic rings. The Morgan fingerprint density at radius 2 is 2.12 bits per heavy atom. The number of hydrogen-bond donors (Lipinski definition) is 1. The molecule has 1 aliphatic heterocycles. The molecule has 1 atom stereocenters. The smallest absolute Gasteiger partial charge is 0.430 e. The van der Waals surface area contributed by atoms with E-state index in [1.165, 1.54) is 12.1 Å². The van der Waals surface area contributed by atoms with Gasteiger partial charge in [0.25, 0.3) is 0 Å². The second-order valence-electron chi connectivity index (χ2n) is 6.55. The lowest BCUT2D eigenvalue weighted by Gasteiger charge is -2.30. The second-order valence-corrected chi connectivity index (χ2v) is 6.92. The van der Waals surface area contributed by atoms with E-state index in [2.05, 4.69) is 15.0 Å². The fraction of sp³-hybridized carbons (Fsp3) is 0.350. The number of carboxylic acid groups (broad SMARTS) is 1. The number of ether oxygens (including phenoxy) is 1. The molecule has 0 fully saturated rings. The molecule has 13 heteroatoms. The van der Waals surface area contributed by atoms with Crippen molar-refractivity contribution in [2.24, 2.45) is 10.7 Å². The Hall–Kier alpha value is -3.12. The van der Waals surface area contributed by atoms with Gasteiger partial charge in [-0.3, -0.25) is 19.8 Å². The highest BCUT2D eigenvalue weighted by atomic mass is 35.5. The highest BCUT2D eigenvalue weighted by molar-refractivity contribution is 6.30. The number of carbonyl (C=O) groups excluding carboxylic acids is 2. The van der Waals surface area contributed by atoms with E-state index in [9.17, 15) is 22.4 Å². The summed E-state index contributed by atoms with van der Waals surface area (Å²) < 4.78 is 89.3. The lowest BCUT2D eigenvalue weighted by molar-refractivity contribution is -0.344. The van der Waals surface area contributed by atoms with Crippen LogP contribution in [0.25, 0.3) is 0 Å². The molecule has 8 nitrogen and oxygen atoms in total. The largest absolute Gasteiger partial charge is 0.542 e. The Balaban J connectivity index is 0.000000638. The van der Waals surface area contributed by atoms with Gasteiger partial charge in [0.2, 0.25) is 0 Å². The van der Waals surface area contributed by atoms with Gasteiger partial charge in [0.05, 0.1) is 26.5 Å². The van der Waals surface area contributed by atoms with Crippen LogP contribution in [-0.4, -0.2) is 53.6 Å². The summed E-state index contributed by atoms with van der Waals surface area (Å²) in [5.74, 6) is -3.66. The van der Waals surface area contributed by atoms with Gasteiger partial charge in [0, 0.05) is 16.0 Å². The number of Topliss-reactive ketones (excluding diaryl/α,β-unsaturated/α-hetero) is 1. The van der Waals surface area contributed by atoms with Gasteiger partial charge in [-0.05, 0) is 30.6 Å². The van der Waals surface area contributed by atoms with Crippen LogP contribution < -0.4 is 10.8 Å². The molecular formula is C20H18ClF4N4O4-. The van der Waals surface area contributed by atoms with E-state index >= 15 is 0 Å². The highest BCUT2D eigenvalue weighted by Crippen LogP contribution is 2.28. The van der Waals surface area contributed by atoms with Crippen molar-refractivity contribution in [1.82, 2.24) is 9.97 Å². The van der Waals surface area contributed by atoms with Crippen molar-refractivity contribution in [2.45, 2.75) is 25.0 Å². The minimum atomic E-state index is -5.19. The lowest BCUT2D eigenvalue weighted by Crippen LogP contribution is -2.42. The maximum absolute atomic E-state index is 13.9. The molecule has 0 amide bonds. The number of hydrogen-bond acceptors (Lipinski definition) is 8. The number of carbonyl (C=O) groups is 2. The predicted octanol–water partition coefficient (Wildman–Crippen LogP) is 1.71. The van der Waals surface area contributed by atoms with Crippen molar-refractivity contribution in [3.63, 3.8) is 0 Å². The zero-order chi connectivity index (χ0) is 29.1. The molecule has 0 saturated heterocycles. The first-order valence-corrected chi connectivity index (χ1v) is 9.23. The number of pyridine rings is 2. The number of aliphatic imine (C=N–C) groups is 1. The van der Waals surface area contributed by atoms with Crippen molar-refractivity contribution in [3.05, 3.63) is 58.1 Å². The molecule has 33 heavy (non-hydrogen) atoms. The summed E-state index contributed by atoms with van der Waals surface area (Å²) in [6.45, 7) is -3.78. The average Bonchev–Trinajstić information content (AvgIpc) is 2.81. The molecule has 0 aromatic carbocycles. The number of aromatic nitrogens is 2. The summed E-state index contributed by atoms with van der Waals surface area (Å²) in [5.41, 5.74) is 3.46. The van der Waals surface area contributed by atoms with E-state index in [1.807, 2.05) is 0 Å². The number of ketones is 1. The third-order valence-corrected chi connectivity index (χ3v) is 4.21. The van der Waals surface area contributed by atoms with Crippen LogP contribution in [0, 0.1) is 6.85 Å². The topological polar surface area (TPSA) is 131 Å². The molecule has 3 rings (SSSR count). The van der Waals surface area contributed by atoms with Crippen molar-refractivity contribution in [1.29, 1.82) is 0 Å². The summed E-state index contributed by atoms with van der Waals surface area (Å²) >= 11 is 5.79. The van der Waals surface area contributed by atoms with Crippen LogP contribution in [0.5, 0.6) is 0 Å². The fourth-order valence-electron chi connectivity index (χ4n) is 2.58. The van der Waals surface area contributed by atoms with E-state index in [-0.39, 0.29) is 30.4 Å². The predicted molar refractivity (Wildman–Crippen MR) is 107 cm³/mol. The maximum Gasteiger partial charge on any atom is 0.430 e. The number of amidine groups is 1. The van der Waals surface area contributed by atoms with Crippen LogP contribution in [-0.2, 0) is 21.5 Å². The first kappa shape index (κ1) is 19.4. The molecule has 0 spiro atoms. The third-order valence-electron chi connectivity index (χ3n) is 4.03. The van der Waals surface area contributed by atoms with Gasteiger partial charge in [-0.2, -0.15) is 13.2 Å². The fourth-order valence-corrected chi connectivity index (χ4v) is 2.71. The minimum Gasteiger partial charge on any atom is -0.542 e. The maximum atomic E-state index is 13.9. The van der Waals surface area contributed by atoms with Gasteiger partial charge in [-0.1, -0.05) is 17.7 Å². The average molecular weight is 495 g/mol. The molecule has 0 aliphatic carbocycles. The van der Waals surface area contributed by atoms with E-state index in [1.54, 1.807) is 6.07 Å². The SMILES string of the molecule is O=C([O-])C(F)(F)F.[2H]c1nc(C(=O)Cc2cccc(C3(CF)COCC(N)=N3)n2)c(C([2H])([2H])[2H])c([2H])c1Cl. The zero-order valence-electron chi connectivity index (χ0n) is 21.5. The number of halogens is 5. The van der Waals surface area contributed by atoms with E-state index in [0.717, 1.165) is 0 Å². The standard InChI is InChI=1S/C18H18ClFN4O2.C2HF3O2/c1-11-5-12(19)7-22-17(11)14(25)6-13-3-2-4-15(23-13)18(9-20)10-26-8-16(21)24-18;3-2(4,5)1(6)7/h2-5,7H,6,8-10H2,1H3,(H2,21,24);(H,6,7)/p-1/i1D3,5D,7D;. The van der Waals surface area contributed by atoms with Crippen LogP contribution in [0.4, 0.5) is 17.6 Å². The molecule has 0 saturated carbocycles. The normalized spacial score (nSPS) is 20.6. The number of alkyl halides is 4. The van der Waals surface area contributed by atoms with E-state index < -0.39 is 71.9 Å². The van der Waals surface area contributed by atoms with Crippen molar-refractivity contribution >= 4 is 29.2 Å². The molecule has 0 radical (unpaired) electrons. The van der Waals surface area contributed by atoms with E-state index in [0.29, 0.717) is 0 Å². The monoisotopic (exact) mass is 494 g/mol. The van der Waals surface area contributed by atoms with Crippen LogP contribution >= 0.6 is 11.6 Å². The van der Waals surface area contributed by atoms with Crippen LogP contribution in [0.15, 0.2) is 35.4 Å². The quantitative estimate of drug-likeness (QED) is 0.494. The summed E-state index contributed by atoms with van der Waals surface area (Å²) in [4.78, 5) is 33.8. The molecule has 2 N–H and O–H groups in total. The molecule has 2 aromatic heterocycles. The Kier molecular flexibility index (Phi) is 6.26. The lowest BCUT2D eigenvalue weighted by atomic mass is 9.96. The molecule has 178 valence electrons. The van der Waals surface area contributed by atoms with Crippen LogP contribution in [0.3, 0.4) is 0 Å². The highest BCUT2D eigenvalue weighted by Gasteiger charge is 2.37. The molecule has 3 heterocycles. The van der Waals surface area contributed by atoms with Gasteiger partial charge >= 0.3 is 6.18 Å². The summed E-state index contributed by atoms with van der Waals surface area (Å²) in [6, 6.07) is 3.93. The van der Waals surface area contributed by atoms with Crippen LogP contribution in [0.2, 0.25) is 5.02 Å². The number of aliphatic carboxylic acids is 1. The molecule has 0 bridgehead atoms. The Labute approximate surface area is 197 Å². The minimum absolute atomic E-state index is 0.0744. The van der Waals surface area contributed by atoms with Gasteiger partial charge in [0.1, 0.15) is 30.8 Å². The third kappa shape index (κ3) is 6.93. The molecule has 1 unspecified atom stereocenters. The van der Waals surface area contributed by atoms with Crippen molar-refractivity contribution in [3.8, 4) is 0 Å². The Bertz CT molecular complexity index is 1260. The van der Waals surface area contributed by atoms with Gasteiger partial charge in [-0.15, -0.1) is 0 Å². The zero-order valence-corrected chi connectivity index (χ0v) is 17.3. The number of rotatable bonds is 5. The Morgan fingerprint density at radius 3 is 2.70 bits per heavy atom.